The van der Waals surface area contributed by atoms with Gasteiger partial charge in [0.2, 0.25) is 5.91 Å². The maximum atomic E-state index is 12.9. The molecule has 5 rings (SSSR count). The van der Waals surface area contributed by atoms with E-state index in [4.69, 9.17) is 44.3 Å². The van der Waals surface area contributed by atoms with Crippen LogP contribution in [0.25, 0.3) is 0 Å². The molecule has 2 N–H and O–H groups in total. The van der Waals surface area contributed by atoms with Crippen LogP contribution in [0.5, 0.6) is 17.2 Å². The van der Waals surface area contributed by atoms with Crippen LogP contribution in [0.1, 0.15) is 0 Å². The number of hydrogen-bond acceptors (Lipinski definition) is 9. The van der Waals surface area contributed by atoms with Gasteiger partial charge in [-0.1, -0.05) is 34.8 Å². The molecule has 2 amide bonds. The van der Waals surface area contributed by atoms with Crippen molar-refractivity contribution in [2.75, 3.05) is 12.4 Å². The lowest BCUT2D eigenvalue weighted by Crippen LogP contribution is -2.70. The van der Waals surface area contributed by atoms with Crippen LogP contribution in [0.2, 0.25) is 15.1 Å². The number of thioether (sulfide) groups is 1. The van der Waals surface area contributed by atoms with E-state index in [2.05, 4.69) is 20.8 Å². The van der Waals surface area contributed by atoms with Gasteiger partial charge in [-0.25, -0.2) is 9.48 Å². The van der Waals surface area contributed by atoms with E-state index >= 15 is 0 Å². The molecule has 12 nitrogen and oxygen atoms in total. The zero-order chi connectivity index (χ0) is 27.7. The first-order valence-electron chi connectivity index (χ1n) is 11.2. The molecule has 2 atom stereocenters. The number of rotatable bonds is 9. The second kappa shape index (κ2) is 11.3. The zero-order valence-corrected chi connectivity index (χ0v) is 22.7. The summed E-state index contributed by atoms with van der Waals surface area (Å²) in [6.07, 6.45) is 1.27. The number of aromatic nitrogens is 4. The van der Waals surface area contributed by atoms with E-state index in [0.717, 1.165) is 4.90 Å². The highest BCUT2D eigenvalue weighted by molar-refractivity contribution is 8.00. The van der Waals surface area contributed by atoms with E-state index in [1.165, 1.54) is 34.9 Å². The summed E-state index contributed by atoms with van der Waals surface area (Å²) < 4.78 is 13.0. The highest BCUT2D eigenvalue weighted by Gasteiger charge is 2.54. The number of fused-ring (bicyclic) bond motifs is 1. The number of β-lactam (4-membered cyclic amide) rings is 1. The zero-order valence-electron chi connectivity index (χ0n) is 19.6. The summed E-state index contributed by atoms with van der Waals surface area (Å²) in [5.41, 5.74) is 0.172. The van der Waals surface area contributed by atoms with Gasteiger partial charge in [0.1, 0.15) is 42.3 Å². The third-order valence-corrected chi connectivity index (χ3v) is 7.79. The smallest absolute Gasteiger partial charge is 0.352 e. The largest absolute Gasteiger partial charge is 0.485 e. The molecule has 2 aromatic carbocycles. The van der Waals surface area contributed by atoms with Crippen molar-refractivity contribution < 1.29 is 29.0 Å². The van der Waals surface area contributed by atoms with Crippen LogP contribution in [0.3, 0.4) is 0 Å². The van der Waals surface area contributed by atoms with E-state index in [1.54, 1.807) is 24.3 Å². The standard InChI is InChI=1S/C23H17Cl3N6O6S/c24-12-1-3-15(14(26)5-12)38-16-4-2-13(25)6-17(16)37-8-11-9-39-22-19(21(34)32(22)20(11)23(35)36)28-18(33)7-31-10-27-29-30-31/h1-6,10,19,22H,7-9H2,(H,28,33)(H,35,36)/t19?,22-/m1/s1. The van der Waals surface area contributed by atoms with Gasteiger partial charge in [0.15, 0.2) is 11.5 Å². The number of nitrogens with one attached hydrogen (secondary N) is 1. The molecule has 16 heteroatoms. The number of nitrogens with zero attached hydrogens (tertiary/aromatic N) is 5. The van der Waals surface area contributed by atoms with Crippen molar-refractivity contribution in [3.8, 4) is 17.2 Å². The van der Waals surface area contributed by atoms with E-state index in [0.29, 0.717) is 21.4 Å². The molecule has 2 aliphatic rings. The van der Waals surface area contributed by atoms with Crippen LogP contribution >= 0.6 is 46.6 Å². The third-order valence-electron chi connectivity index (χ3n) is 5.68. The van der Waals surface area contributed by atoms with Crippen molar-refractivity contribution in [2.24, 2.45) is 0 Å². The first kappa shape index (κ1) is 27.1. The van der Waals surface area contributed by atoms with Gasteiger partial charge in [0.25, 0.3) is 5.91 Å². The van der Waals surface area contributed by atoms with Gasteiger partial charge in [0.05, 0.1) is 5.02 Å². The van der Waals surface area contributed by atoms with Crippen molar-refractivity contribution in [1.29, 1.82) is 0 Å². The van der Waals surface area contributed by atoms with Crippen LogP contribution in [-0.4, -0.2) is 71.8 Å². The van der Waals surface area contributed by atoms with Gasteiger partial charge in [-0.15, -0.1) is 16.9 Å². The summed E-state index contributed by atoms with van der Waals surface area (Å²) in [7, 11) is 0. The van der Waals surface area contributed by atoms with Crippen LogP contribution in [0.4, 0.5) is 0 Å². The Morgan fingerprint density at radius 3 is 2.54 bits per heavy atom. The maximum Gasteiger partial charge on any atom is 0.352 e. The molecule has 0 saturated carbocycles. The number of carbonyl (C=O) groups is 3. The first-order valence-corrected chi connectivity index (χ1v) is 13.3. The summed E-state index contributed by atoms with van der Waals surface area (Å²) in [5.74, 6) is -1.22. The molecular weight excluding hydrogens is 595 g/mol. The quantitative estimate of drug-likeness (QED) is 0.345. The number of carboxylic acids is 1. The summed E-state index contributed by atoms with van der Waals surface area (Å²) in [4.78, 5) is 38.5. The van der Waals surface area contributed by atoms with E-state index < -0.39 is 29.2 Å². The highest BCUT2D eigenvalue weighted by Crippen LogP contribution is 2.42. The Balaban J connectivity index is 1.30. The number of benzene rings is 2. The fourth-order valence-corrected chi connectivity index (χ4v) is 5.87. The molecule has 1 unspecified atom stereocenters. The second-order valence-electron chi connectivity index (χ2n) is 8.28. The SMILES string of the molecule is O=C(Cn1cnnn1)NC1C(=O)N2C(C(=O)O)=C(COc3cc(Cl)ccc3Oc3ccc(Cl)cc3Cl)CS[C@H]12. The number of carbonyl (C=O) groups excluding carboxylic acids is 2. The number of halogens is 3. The van der Waals surface area contributed by atoms with Crippen molar-refractivity contribution in [1.82, 2.24) is 30.4 Å². The van der Waals surface area contributed by atoms with Crippen LogP contribution in [-0.2, 0) is 20.9 Å². The number of amides is 2. The molecule has 0 bridgehead atoms. The summed E-state index contributed by atoms with van der Waals surface area (Å²) in [6.45, 7) is -0.341. The topological polar surface area (TPSA) is 149 Å². The van der Waals surface area contributed by atoms with Crippen LogP contribution in [0.15, 0.2) is 54.0 Å². The normalized spacial score (nSPS) is 18.3. The fraction of sp³-hybridized carbons (Fsp3) is 0.217. The molecule has 3 heterocycles. The number of tetrazole rings is 1. The summed E-state index contributed by atoms with van der Waals surface area (Å²) >= 11 is 19.6. The predicted octanol–water partition coefficient (Wildman–Crippen LogP) is 3.24. The first-order chi connectivity index (χ1) is 18.7. The van der Waals surface area contributed by atoms with Crippen LogP contribution < -0.4 is 14.8 Å². The lowest BCUT2D eigenvalue weighted by atomic mass is 10.0. The number of carboxylic acid groups (broad SMARTS) is 1. The van der Waals surface area contributed by atoms with Crippen molar-refractivity contribution in [2.45, 2.75) is 18.0 Å². The maximum absolute atomic E-state index is 12.9. The number of hydrogen-bond donors (Lipinski definition) is 2. The Kier molecular flexibility index (Phi) is 7.84. The molecule has 1 aromatic heterocycles. The van der Waals surface area contributed by atoms with Crippen molar-refractivity contribution >= 4 is 64.3 Å². The van der Waals surface area contributed by atoms with Gasteiger partial charge in [-0.05, 0) is 40.8 Å². The van der Waals surface area contributed by atoms with E-state index in [1.807, 2.05) is 0 Å². The van der Waals surface area contributed by atoms with Gasteiger partial charge in [-0.3, -0.25) is 14.5 Å². The molecule has 0 spiro atoms. The molecule has 202 valence electrons. The van der Waals surface area contributed by atoms with Gasteiger partial charge < -0.3 is 19.9 Å². The minimum atomic E-state index is -1.29. The molecule has 1 saturated heterocycles. The molecule has 1 fully saturated rings. The van der Waals surface area contributed by atoms with Gasteiger partial charge in [-0.2, -0.15) is 0 Å². The highest BCUT2D eigenvalue weighted by atomic mass is 35.5. The number of aliphatic carboxylic acids is 1. The van der Waals surface area contributed by atoms with Gasteiger partial charge >= 0.3 is 5.97 Å². The van der Waals surface area contributed by atoms with Crippen molar-refractivity contribution in [3.05, 3.63) is 69.1 Å². The fourth-order valence-electron chi connectivity index (χ4n) is 3.93. The number of ether oxygens (including phenoxy) is 2. The Morgan fingerprint density at radius 2 is 1.85 bits per heavy atom. The minimum absolute atomic E-state index is 0.160. The molecule has 0 aliphatic carbocycles. The van der Waals surface area contributed by atoms with E-state index in [9.17, 15) is 19.5 Å². The average Bonchev–Trinajstić information content (AvgIpc) is 3.41. The molecule has 39 heavy (non-hydrogen) atoms. The lowest BCUT2D eigenvalue weighted by Gasteiger charge is -2.49. The molecule has 0 radical (unpaired) electrons. The Morgan fingerprint density at radius 1 is 1.10 bits per heavy atom. The Hall–Kier alpha value is -3.52. The summed E-state index contributed by atoms with van der Waals surface area (Å²) in [6, 6.07) is 8.56. The van der Waals surface area contributed by atoms with Crippen molar-refractivity contribution in [3.63, 3.8) is 0 Å². The second-order valence-corrected chi connectivity index (χ2v) is 10.7. The Labute approximate surface area is 239 Å². The summed E-state index contributed by atoms with van der Waals surface area (Å²) in [5, 5.41) is 23.6. The van der Waals surface area contributed by atoms with Crippen LogP contribution in [0, 0.1) is 0 Å². The molecular formula is C23H17Cl3N6O6S. The third kappa shape index (κ3) is 5.76. The monoisotopic (exact) mass is 610 g/mol. The predicted molar refractivity (Wildman–Crippen MR) is 141 cm³/mol. The lowest BCUT2D eigenvalue weighted by molar-refractivity contribution is -0.150. The van der Waals surface area contributed by atoms with Gasteiger partial charge in [0, 0.05) is 27.4 Å². The molecule has 3 aromatic rings. The Bertz CT molecular complexity index is 1490. The minimum Gasteiger partial charge on any atom is -0.485 e. The average molecular weight is 612 g/mol. The van der Waals surface area contributed by atoms with E-state index in [-0.39, 0.29) is 41.1 Å². The molecule has 2 aliphatic heterocycles.